The van der Waals surface area contributed by atoms with Gasteiger partial charge in [-0.25, -0.2) is 0 Å². The smallest absolute Gasteiger partial charge is 0.161 e. The minimum atomic E-state index is -0.434. The zero-order chi connectivity index (χ0) is 12.4. The summed E-state index contributed by atoms with van der Waals surface area (Å²) in [6.07, 6.45) is 2.69. The Morgan fingerprint density at radius 1 is 1.28 bits per heavy atom. The van der Waals surface area contributed by atoms with Crippen molar-refractivity contribution in [3.8, 4) is 11.5 Å². The fraction of sp³-hybridized carbons (Fsp3) is 0.571. The first-order chi connectivity index (χ1) is 8.83. The van der Waals surface area contributed by atoms with Crippen LogP contribution in [-0.4, -0.2) is 30.9 Å². The van der Waals surface area contributed by atoms with Crippen molar-refractivity contribution in [2.24, 2.45) is 0 Å². The molecule has 1 aromatic carbocycles. The number of ether oxygens (including phenoxy) is 2. The first kappa shape index (κ1) is 11.8. The largest absolute Gasteiger partial charge is 0.486 e. The number of rotatable bonds is 3. The van der Waals surface area contributed by atoms with E-state index in [0.29, 0.717) is 19.3 Å². The summed E-state index contributed by atoms with van der Waals surface area (Å²) in [5, 5.41) is 13.6. The van der Waals surface area contributed by atoms with Crippen molar-refractivity contribution in [3.05, 3.63) is 23.8 Å². The number of aliphatic hydroxyl groups excluding tert-OH is 1. The highest BCUT2D eigenvalue weighted by Gasteiger charge is 2.21. The summed E-state index contributed by atoms with van der Waals surface area (Å²) in [6.45, 7) is 2.25. The lowest BCUT2D eigenvalue weighted by Gasteiger charge is -2.21. The van der Waals surface area contributed by atoms with Crippen molar-refractivity contribution in [2.45, 2.75) is 31.4 Å². The number of nitrogens with one attached hydrogen (secondary N) is 1. The predicted octanol–water partition coefficient (Wildman–Crippen LogP) is 1.63. The van der Waals surface area contributed by atoms with Crippen LogP contribution in [0.4, 0.5) is 0 Å². The van der Waals surface area contributed by atoms with Gasteiger partial charge in [0, 0.05) is 6.04 Å². The minimum absolute atomic E-state index is 0.434. The maximum absolute atomic E-state index is 10.2. The molecule has 2 aliphatic rings. The van der Waals surface area contributed by atoms with E-state index in [0.717, 1.165) is 36.4 Å². The Morgan fingerprint density at radius 3 is 2.89 bits per heavy atom. The van der Waals surface area contributed by atoms with E-state index in [-0.39, 0.29) is 0 Å². The molecule has 4 nitrogen and oxygen atoms in total. The molecule has 4 heteroatoms. The van der Waals surface area contributed by atoms with Gasteiger partial charge < -0.3 is 19.9 Å². The highest BCUT2D eigenvalue weighted by Crippen LogP contribution is 2.33. The molecule has 2 N–H and O–H groups in total. The second kappa shape index (κ2) is 5.16. The topological polar surface area (TPSA) is 50.7 Å². The van der Waals surface area contributed by atoms with E-state index >= 15 is 0 Å². The van der Waals surface area contributed by atoms with Gasteiger partial charge in [-0.05, 0) is 43.5 Å². The van der Waals surface area contributed by atoms with Crippen LogP contribution in [0.1, 0.15) is 30.9 Å². The summed E-state index contributed by atoms with van der Waals surface area (Å²) in [4.78, 5) is 0. The number of aliphatic hydroxyl groups is 1. The third-order valence-corrected chi connectivity index (χ3v) is 3.62. The highest BCUT2D eigenvalue weighted by atomic mass is 16.6. The van der Waals surface area contributed by atoms with E-state index in [1.54, 1.807) is 0 Å². The van der Waals surface area contributed by atoms with Crippen LogP contribution in [0.15, 0.2) is 18.2 Å². The van der Waals surface area contributed by atoms with Crippen molar-refractivity contribution in [1.82, 2.24) is 5.32 Å². The number of fused-ring (bicyclic) bond motifs is 1. The fourth-order valence-electron chi connectivity index (χ4n) is 2.63. The van der Waals surface area contributed by atoms with Crippen molar-refractivity contribution in [3.63, 3.8) is 0 Å². The Labute approximate surface area is 107 Å². The molecule has 2 heterocycles. The molecule has 0 spiro atoms. The van der Waals surface area contributed by atoms with E-state index in [1.807, 2.05) is 18.2 Å². The molecule has 2 aliphatic heterocycles. The normalized spacial score (nSPS) is 23.9. The van der Waals surface area contributed by atoms with Gasteiger partial charge in [0.2, 0.25) is 0 Å². The Hall–Kier alpha value is -1.26. The first-order valence-corrected chi connectivity index (χ1v) is 6.64. The molecule has 2 unspecified atom stereocenters. The third-order valence-electron chi connectivity index (χ3n) is 3.62. The number of hydrogen-bond donors (Lipinski definition) is 2. The molecule has 2 atom stereocenters. The quantitative estimate of drug-likeness (QED) is 0.855. The molecule has 98 valence electrons. The molecule has 0 amide bonds. The summed E-state index contributed by atoms with van der Waals surface area (Å²) in [6, 6.07) is 6.14. The summed E-state index contributed by atoms with van der Waals surface area (Å²) in [5.41, 5.74) is 0.910. The lowest BCUT2D eigenvalue weighted by atomic mass is 10.0. The van der Waals surface area contributed by atoms with E-state index in [9.17, 15) is 5.11 Å². The second-order valence-corrected chi connectivity index (χ2v) is 4.95. The van der Waals surface area contributed by atoms with Gasteiger partial charge in [-0.3, -0.25) is 0 Å². The van der Waals surface area contributed by atoms with Crippen LogP contribution in [0.3, 0.4) is 0 Å². The van der Waals surface area contributed by atoms with E-state index < -0.39 is 6.10 Å². The Morgan fingerprint density at radius 2 is 2.11 bits per heavy atom. The van der Waals surface area contributed by atoms with Crippen LogP contribution >= 0.6 is 0 Å². The van der Waals surface area contributed by atoms with Crippen LogP contribution in [0.25, 0.3) is 0 Å². The van der Waals surface area contributed by atoms with Crippen molar-refractivity contribution >= 4 is 0 Å². The molecule has 0 radical (unpaired) electrons. The molecular formula is C14H19NO3. The van der Waals surface area contributed by atoms with Crippen molar-refractivity contribution in [2.75, 3.05) is 19.8 Å². The maximum atomic E-state index is 10.2. The number of hydrogen-bond acceptors (Lipinski definition) is 4. The molecule has 1 fully saturated rings. The molecule has 18 heavy (non-hydrogen) atoms. The van der Waals surface area contributed by atoms with Gasteiger partial charge in [-0.1, -0.05) is 6.07 Å². The summed E-state index contributed by atoms with van der Waals surface area (Å²) in [5.74, 6) is 1.52. The lowest BCUT2D eigenvalue weighted by Crippen LogP contribution is -2.23. The molecular weight excluding hydrogens is 230 g/mol. The van der Waals surface area contributed by atoms with Gasteiger partial charge in [0.25, 0.3) is 0 Å². The second-order valence-electron chi connectivity index (χ2n) is 4.95. The monoisotopic (exact) mass is 249 g/mol. The third kappa shape index (κ3) is 2.44. The average Bonchev–Trinajstić information content (AvgIpc) is 2.91. The van der Waals surface area contributed by atoms with E-state index in [4.69, 9.17) is 9.47 Å². The van der Waals surface area contributed by atoms with Gasteiger partial charge in [0.15, 0.2) is 11.5 Å². The molecule has 1 saturated heterocycles. The predicted molar refractivity (Wildman–Crippen MR) is 68.0 cm³/mol. The molecule has 0 aromatic heterocycles. The zero-order valence-electron chi connectivity index (χ0n) is 10.4. The van der Waals surface area contributed by atoms with Gasteiger partial charge in [-0.2, -0.15) is 0 Å². The lowest BCUT2D eigenvalue weighted by molar-refractivity contribution is 0.150. The van der Waals surface area contributed by atoms with E-state index in [1.165, 1.54) is 6.42 Å². The summed E-state index contributed by atoms with van der Waals surface area (Å²) in [7, 11) is 0. The minimum Gasteiger partial charge on any atom is -0.486 e. The SMILES string of the molecule is OC(CC1CCCN1)c1ccc2c(c1)OCCO2. The highest BCUT2D eigenvalue weighted by molar-refractivity contribution is 5.44. The van der Waals surface area contributed by atoms with Crippen LogP contribution in [0.5, 0.6) is 11.5 Å². The molecule has 0 bridgehead atoms. The van der Waals surface area contributed by atoms with Crippen molar-refractivity contribution in [1.29, 1.82) is 0 Å². The average molecular weight is 249 g/mol. The van der Waals surface area contributed by atoms with Gasteiger partial charge in [0.1, 0.15) is 13.2 Å². The van der Waals surface area contributed by atoms with Crippen LogP contribution in [0, 0.1) is 0 Å². The van der Waals surface area contributed by atoms with Gasteiger partial charge in [0.05, 0.1) is 6.10 Å². The molecule has 0 saturated carbocycles. The van der Waals surface area contributed by atoms with Gasteiger partial charge >= 0.3 is 0 Å². The zero-order valence-corrected chi connectivity index (χ0v) is 10.4. The fourth-order valence-corrected chi connectivity index (χ4v) is 2.63. The standard InChI is InChI=1S/C14H19NO3/c16-12(9-11-2-1-5-15-11)10-3-4-13-14(8-10)18-7-6-17-13/h3-4,8,11-12,15-16H,1-2,5-7,9H2. The van der Waals surface area contributed by atoms with Crippen LogP contribution in [-0.2, 0) is 0 Å². The Balaban J connectivity index is 1.70. The first-order valence-electron chi connectivity index (χ1n) is 6.64. The molecule has 0 aliphatic carbocycles. The number of benzene rings is 1. The Bertz CT molecular complexity index is 416. The Kier molecular flexibility index (Phi) is 3.39. The van der Waals surface area contributed by atoms with Gasteiger partial charge in [-0.15, -0.1) is 0 Å². The van der Waals surface area contributed by atoms with E-state index in [2.05, 4.69) is 5.32 Å². The molecule has 3 rings (SSSR count). The van der Waals surface area contributed by atoms with Crippen LogP contribution in [0.2, 0.25) is 0 Å². The summed E-state index contributed by atoms with van der Waals surface area (Å²) >= 11 is 0. The molecule has 1 aromatic rings. The summed E-state index contributed by atoms with van der Waals surface area (Å²) < 4.78 is 11.0. The van der Waals surface area contributed by atoms with Crippen molar-refractivity contribution < 1.29 is 14.6 Å². The van der Waals surface area contributed by atoms with Crippen LogP contribution < -0.4 is 14.8 Å². The maximum Gasteiger partial charge on any atom is 0.161 e.